The first kappa shape index (κ1) is 24.0. The fraction of sp³-hybridized carbons (Fsp3) is 0.130. The van der Waals surface area contributed by atoms with Crippen LogP contribution in [-0.2, 0) is 21.2 Å². The Hall–Kier alpha value is -4.19. The van der Waals surface area contributed by atoms with Gasteiger partial charge in [-0.3, -0.25) is 18.7 Å². The lowest BCUT2D eigenvalue weighted by atomic mass is 10.1. The van der Waals surface area contributed by atoms with E-state index in [-0.39, 0.29) is 29.3 Å². The number of anilines is 1. The number of carbonyl (C=O) groups excluding carboxylic acids is 1. The van der Waals surface area contributed by atoms with Crippen molar-refractivity contribution >= 4 is 27.1 Å². The number of halogens is 2. The number of fused-ring (bicyclic) bond motifs is 1. The van der Waals surface area contributed by atoms with Gasteiger partial charge < -0.3 is 4.74 Å². The fourth-order valence-corrected chi connectivity index (χ4v) is 4.52. The van der Waals surface area contributed by atoms with Gasteiger partial charge in [0.15, 0.2) is 0 Å². The molecule has 3 heterocycles. The van der Waals surface area contributed by atoms with Crippen molar-refractivity contribution in [3.8, 4) is 17.0 Å². The molecule has 0 fully saturated rings. The van der Waals surface area contributed by atoms with E-state index in [1.54, 1.807) is 12.1 Å². The van der Waals surface area contributed by atoms with Crippen LogP contribution in [0.25, 0.3) is 16.8 Å². The molecule has 3 aromatic heterocycles. The highest BCUT2D eigenvalue weighted by Gasteiger charge is 2.22. The zero-order valence-electron chi connectivity index (χ0n) is 18.5. The number of benzene rings is 1. The van der Waals surface area contributed by atoms with Crippen molar-refractivity contribution in [3.05, 3.63) is 82.5 Å². The number of ether oxygens (including phenoxy) is 1. The summed E-state index contributed by atoms with van der Waals surface area (Å²) in [6, 6.07) is 6.71. The molecule has 9 nitrogen and oxygen atoms in total. The fourth-order valence-electron chi connectivity index (χ4n) is 3.41. The average molecular weight is 500 g/mol. The summed E-state index contributed by atoms with van der Waals surface area (Å²) in [5, 5.41) is 0. The number of carbonyl (C=O) groups is 1. The lowest BCUT2D eigenvalue weighted by molar-refractivity contribution is -0.116. The van der Waals surface area contributed by atoms with E-state index < -0.39 is 32.1 Å². The molecule has 0 saturated heterocycles. The maximum atomic E-state index is 14.1. The van der Waals surface area contributed by atoms with Crippen LogP contribution in [0, 0.1) is 11.6 Å². The highest BCUT2D eigenvalue weighted by molar-refractivity contribution is 7.92. The standard InChI is InChI=1S/C23H18F2N4O5S/c1-13(30)7-16-11-26-21-6-3-14(12-29(21)23(16)31)15-8-19(22(34-2)27-10-15)28-35(32,33)20-5-4-17(24)9-18(20)25/h3-6,8-12,28H,7H2,1-2H3. The van der Waals surface area contributed by atoms with E-state index in [1.807, 2.05) is 0 Å². The number of nitrogens with zero attached hydrogens (tertiary/aromatic N) is 3. The number of ketones is 1. The molecule has 0 aliphatic carbocycles. The number of hydrogen-bond acceptors (Lipinski definition) is 7. The van der Waals surface area contributed by atoms with Crippen LogP contribution in [0.4, 0.5) is 14.5 Å². The molecule has 35 heavy (non-hydrogen) atoms. The van der Waals surface area contributed by atoms with Crippen molar-refractivity contribution in [1.82, 2.24) is 14.4 Å². The molecule has 4 aromatic rings. The van der Waals surface area contributed by atoms with E-state index in [0.717, 1.165) is 12.1 Å². The summed E-state index contributed by atoms with van der Waals surface area (Å²) >= 11 is 0. The molecular formula is C23H18F2N4O5S. The number of methoxy groups -OCH3 is 1. The summed E-state index contributed by atoms with van der Waals surface area (Å²) in [6.07, 6.45) is 4.17. The van der Waals surface area contributed by atoms with E-state index >= 15 is 0 Å². The molecule has 0 saturated carbocycles. The minimum absolute atomic E-state index is 0.0606. The Labute approximate surface area is 198 Å². The van der Waals surface area contributed by atoms with Gasteiger partial charge in [0.2, 0.25) is 5.88 Å². The number of nitrogens with one attached hydrogen (secondary N) is 1. The zero-order chi connectivity index (χ0) is 25.3. The molecule has 0 spiro atoms. The number of hydrogen-bond donors (Lipinski definition) is 1. The van der Waals surface area contributed by atoms with Gasteiger partial charge in [-0.1, -0.05) is 0 Å². The minimum Gasteiger partial charge on any atom is -0.480 e. The van der Waals surface area contributed by atoms with Crippen molar-refractivity contribution in [3.63, 3.8) is 0 Å². The smallest absolute Gasteiger partial charge is 0.264 e. The third-order valence-corrected chi connectivity index (χ3v) is 6.42. The first-order valence-corrected chi connectivity index (χ1v) is 11.6. The summed E-state index contributed by atoms with van der Waals surface area (Å²) < 4.78 is 61.4. The van der Waals surface area contributed by atoms with Crippen LogP contribution in [0.5, 0.6) is 5.88 Å². The molecule has 12 heteroatoms. The van der Waals surface area contributed by atoms with Crippen LogP contribution in [0.1, 0.15) is 12.5 Å². The topological polar surface area (TPSA) is 120 Å². The normalized spacial score (nSPS) is 11.4. The molecule has 1 aromatic carbocycles. The Balaban J connectivity index is 1.77. The molecule has 0 aliphatic heterocycles. The zero-order valence-corrected chi connectivity index (χ0v) is 19.3. The Morgan fingerprint density at radius 3 is 2.54 bits per heavy atom. The van der Waals surface area contributed by atoms with Crippen LogP contribution >= 0.6 is 0 Å². The van der Waals surface area contributed by atoms with Gasteiger partial charge in [-0.15, -0.1) is 0 Å². The highest BCUT2D eigenvalue weighted by Crippen LogP contribution is 2.30. The van der Waals surface area contributed by atoms with Crippen molar-refractivity contribution in [1.29, 1.82) is 0 Å². The third-order valence-electron chi connectivity index (χ3n) is 5.02. The summed E-state index contributed by atoms with van der Waals surface area (Å²) in [5.41, 5.74) is 0.930. The second-order valence-electron chi connectivity index (χ2n) is 7.57. The van der Waals surface area contributed by atoms with Gasteiger partial charge in [0.25, 0.3) is 15.6 Å². The number of Topliss-reactive ketones (excluding diaryl/α,β-unsaturated/α-hetero) is 1. The summed E-state index contributed by atoms with van der Waals surface area (Å²) in [4.78, 5) is 31.8. The quantitative estimate of drug-likeness (QED) is 0.414. The SMILES string of the molecule is COc1ncc(-c2ccc3ncc(CC(C)=O)c(=O)n3c2)cc1NS(=O)(=O)c1ccc(F)cc1F. The van der Waals surface area contributed by atoms with E-state index in [1.165, 1.54) is 43.1 Å². The van der Waals surface area contributed by atoms with Crippen molar-refractivity contribution in [2.75, 3.05) is 11.8 Å². The van der Waals surface area contributed by atoms with Crippen LogP contribution in [0.15, 0.2) is 64.7 Å². The Kier molecular flexibility index (Phi) is 6.31. The van der Waals surface area contributed by atoms with Crippen molar-refractivity contribution in [2.24, 2.45) is 0 Å². The maximum Gasteiger partial charge on any atom is 0.264 e. The van der Waals surface area contributed by atoms with Gasteiger partial charge in [-0.25, -0.2) is 27.2 Å². The molecule has 0 amide bonds. The number of pyridine rings is 2. The molecule has 0 unspecified atom stereocenters. The Morgan fingerprint density at radius 1 is 1.09 bits per heavy atom. The molecule has 0 bridgehead atoms. The Morgan fingerprint density at radius 2 is 1.86 bits per heavy atom. The summed E-state index contributed by atoms with van der Waals surface area (Å²) in [5.74, 6) is -2.46. The van der Waals surface area contributed by atoms with Crippen LogP contribution in [-0.4, -0.2) is 35.7 Å². The van der Waals surface area contributed by atoms with Crippen molar-refractivity contribution < 1.29 is 26.7 Å². The molecule has 0 aliphatic rings. The Bertz CT molecular complexity index is 1640. The van der Waals surface area contributed by atoms with E-state index in [2.05, 4.69) is 14.7 Å². The molecule has 180 valence electrons. The van der Waals surface area contributed by atoms with Gasteiger partial charge in [0.1, 0.15) is 33.6 Å². The second kappa shape index (κ2) is 9.22. The largest absolute Gasteiger partial charge is 0.480 e. The first-order valence-electron chi connectivity index (χ1n) is 10.1. The second-order valence-corrected chi connectivity index (χ2v) is 9.23. The number of sulfonamides is 1. The molecule has 0 radical (unpaired) electrons. The molecule has 1 N–H and O–H groups in total. The van der Waals surface area contributed by atoms with Crippen LogP contribution in [0.3, 0.4) is 0 Å². The van der Waals surface area contributed by atoms with E-state index in [4.69, 9.17) is 4.74 Å². The van der Waals surface area contributed by atoms with E-state index in [0.29, 0.717) is 22.8 Å². The first-order chi connectivity index (χ1) is 16.6. The molecular weight excluding hydrogens is 482 g/mol. The summed E-state index contributed by atoms with van der Waals surface area (Å²) in [6.45, 7) is 1.37. The van der Waals surface area contributed by atoms with E-state index in [9.17, 15) is 26.8 Å². The highest BCUT2D eigenvalue weighted by atomic mass is 32.2. The molecule has 0 atom stereocenters. The molecule has 4 rings (SSSR count). The average Bonchev–Trinajstić information content (AvgIpc) is 2.80. The van der Waals surface area contributed by atoms with Crippen molar-refractivity contribution in [2.45, 2.75) is 18.2 Å². The monoisotopic (exact) mass is 500 g/mol. The third kappa shape index (κ3) is 4.87. The number of aromatic nitrogens is 3. The lowest BCUT2D eigenvalue weighted by Gasteiger charge is -2.13. The predicted molar refractivity (Wildman–Crippen MR) is 123 cm³/mol. The summed E-state index contributed by atoms with van der Waals surface area (Å²) in [7, 11) is -3.19. The lowest BCUT2D eigenvalue weighted by Crippen LogP contribution is -2.21. The van der Waals surface area contributed by atoms with Gasteiger partial charge >= 0.3 is 0 Å². The minimum atomic E-state index is -4.46. The van der Waals surface area contributed by atoms with Crippen LogP contribution in [0.2, 0.25) is 0 Å². The van der Waals surface area contributed by atoms with Gasteiger partial charge in [0.05, 0.1) is 7.11 Å². The number of rotatable bonds is 7. The van der Waals surface area contributed by atoms with Crippen LogP contribution < -0.4 is 15.0 Å². The van der Waals surface area contributed by atoms with Gasteiger partial charge in [0, 0.05) is 47.8 Å². The van der Waals surface area contributed by atoms with Gasteiger partial charge in [-0.2, -0.15) is 0 Å². The van der Waals surface area contributed by atoms with Gasteiger partial charge in [-0.05, 0) is 37.3 Å². The maximum absolute atomic E-state index is 14.1. The predicted octanol–water partition coefficient (Wildman–Crippen LogP) is 2.98.